The van der Waals surface area contributed by atoms with E-state index in [1.54, 1.807) is 13.0 Å². The molecule has 0 rings (SSSR count). The Kier molecular flexibility index (Phi) is 5.58. The lowest BCUT2D eigenvalue weighted by molar-refractivity contribution is -0.147. The molecule has 0 bridgehead atoms. The lowest BCUT2D eigenvalue weighted by atomic mass is 10.0. The van der Waals surface area contributed by atoms with Crippen LogP contribution in [-0.2, 0) is 14.3 Å². The minimum Gasteiger partial charge on any atom is -0.464 e. The van der Waals surface area contributed by atoms with Gasteiger partial charge in [0, 0.05) is 6.92 Å². The third kappa shape index (κ3) is 4.15. The molecule has 0 saturated heterocycles. The normalized spacial score (nSPS) is 12.8. The first-order valence-corrected chi connectivity index (χ1v) is 4.36. The van der Waals surface area contributed by atoms with Gasteiger partial charge in [0.25, 0.3) is 0 Å². The monoisotopic (exact) mass is 208 g/mol. The first kappa shape index (κ1) is 13.0. The largest absolute Gasteiger partial charge is 0.464 e. The number of nitriles is 1. The molecule has 0 aromatic rings. The summed E-state index contributed by atoms with van der Waals surface area (Å²) in [5.74, 6) is -0.0388. The van der Waals surface area contributed by atoms with Gasteiger partial charge in [-0.15, -0.1) is 6.42 Å². The minimum absolute atomic E-state index is 0.164. The van der Waals surface area contributed by atoms with Crippen molar-refractivity contribution >= 4 is 11.9 Å². The number of rotatable bonds is 4. The van der Waals surface area contributed by atoms with Crippen LogP contribution in [0.25, 0.3) is 0 Å². The summed E-state index contributed by atoms with van der Waals surface area (Å²) in [5.41, 5.74) is 0. The maximum absolute atomic E-state index is 11.4. The molecular formula is C10H12N2O3. The Morgan fingerprint density at radius 1 is 1.60 bits per heavy atom. The molecule has 0 aliphatic heterocycles. The number of nitrogens with zero attached hydrogens (tertiary/aromatic N) is 1. The second-order valence-electron chi connectivity index (χ2n) is 2.70. The summed E-state index contributed by atoms with van der Waals surface area (Å²) in [5, 5.41) is 11.0. The molecule has 0 aromatic carbocycles. The number of hydrogen-bond donors (Lipinski definition) is 1. The maximum atomic E-state index is 11.4. The van der Waals surface area contributed by atoms with E-state index < -0.39 is 23.8 Å². The first-order valence-electron chi connectivity index (χ1n) is 4.36. The van der Waals surface area contributed by atoms with Crippen LogP contribution >= 0.6 is 0 Å². The molecule has 0 spiro atoms. The molecule has 5 nitrogen and oxygen atoms in total. The first-order chi connectivity index (χ1) is 7.06. The Hall–Kier alpha value is -2.01. The van der Waals surface area contributed by atoms with Crippen LogP contribution in [0.1, 0.15) is 13.8 Å². The van der Waals surface area contributed by atoms with Gasteiger partial charge in [0.15, 0.2) is 6.04 Å². The fourth-order valence-corrected chi connectivity index (χ4v) is 0.937. The summed E-state index contributed by atoms with van der Waals surface area (Å²) in [7, 11) is 0. The van der Waals surface area contributed by atoms with E-state index in [9.17, 15) is 9.59 Å². The van der Waals surface area contributed by atoms with E-state index in [0.29, 0.717) is 0 Å². The lowest BCUT2D eigenvalue weighted by Crippen LogP contribution is -2.45. The van der Waals surface area contributed by atoms with Gasteiger partial charge in [0.1, 0.15) is 5.92 Å². The Labute approximate surface area is 88.4 Å². The molecule has 0 aliphatic carbocycles. The molecule has 1 N–H and O–H groups in total. The average Bonchev–Trinajstić information content (AvgIpc) is 2.18. The van der Waals surface area contributed by atoms with Gasteiger partial charge in [-0.25, -0.2) is 4.79 Å². The fraction of sp³-hybridized carbons (Fsp3) is 0.500. The number of ether oxygens (including phenoxy) is 1. The number of amides is 1. The van der Waals surface area contributed by atoms with Crippen molar-refractivity contribution in [3.8, 4) is 18.4 Å². The zero-order valence-electron chi connectivity index (χ0n) is 8.61. The highest BCUT2D eigenvalue weighted by Crippen LogP contribution is 2.04. The van der Waals surface area contributed by atoms with Crippen LogP contribution in [0.15, 0.2) is 0 Å². The van der Waals surface area contributed by atoms with Gasteiger partial charge in [0.05, 0.1) is 12.7 Å². The average molecular weight is 208 g/mol. The van der Waals surface area contributed by atoms with Crippen LogP contribution < -0.4 is 5.32 Å². The molecule has 1 amide bonds. The molecule has 0 aliphatic rings. The van der Waals surface area contributed by atoms with Crippen LogP contribution in [0.3, 0.4) is 0 Å². The summed E-state index contributed by atoms with van der Waals surface area (Å²) >= 11 is 0. The molecule has 0 unspecified atom stereocenters. The van der Waals surface area contributed by atoms with E-state index >= 15 is 0 Å². The third-order valence-corrected chi connectivity index (χ3v) is 1.55. The smallest absolute Gasteiger partial charge is 0.331 e. The number of terminal acetylenes is 1. The zero-order valence-corrected chi connectivity index (χ0v) is 8.61. The number of carbonyl (C=O) groups excluding carboxylic acids is 2. The predicted octanol–water partition coefficient (Wildman–Crippen LogP) is -0.173. The van der Waals surface area contributed by atoms with E-state index in [0.717, 1.165) is 0 Å². The highest BCUT2D eigenvalue weighted by atomic mass is 16.5. The molecule has 5 heteroatoms. The Morgan fingerprint density at radius 2 is 2.20 bits per heavy atom. The Morgan fingerprint density at radius 3 is 2.53 bits per heavy atom. The second kappa shape index (κ2) is 6.44. The molecule has 80 valence electrons. The molecule has 15 heavy (non-hydrogen) atoms. The van der Waals surface area contributed by atoms with E-state index in [1.165, 1.54) is 6.92 Å². The van der Waals surface area contributed by atoms with Crippen LogP contribution in [0.4, 0.5) is 0 Å². The number of hydrogen-bond acceptors (Lipinski definition) is 4. The predicted molar refractivity (Wildman–Crippen MR) is 52.2 cm³/mol. The van der Waals surface area contributed by atoms with Crippen LogP contribution in [0.5, 0.6) is 0 Å². The second-order valence-corrected chi connectivity index (χ2v) is 2.70. The van der Waals surface area contributed by atoms with E-state index in [4.69, 9.17) is 11.7 Å². The SMILES string of the molecule is C#C[C@H](C#N)[C@H](NC(C)=O)C(=O)OCC. The minimum atomic E-state index is -1.10. The highest BCUT2D eigenvalue weighted by molar-refractivity contribution is 5.84. The highest BCUT2D eigenvalue weighted by Gasteiger charge is 2.29. The van der Waals surface area contributed by atoms with Gasteiger partial charge in [-0.3, -0.25) is 4.79 Å². The lowest BCUT2D eigenvalue weighted by Gasteiger charge is -2.17. The Balaban J connectivity index is 4.73. The van der Waals surface area contributed by atoms with E-state index in [-0.39, 0.29) is 6.61 Å². The van der Waals surface area contributed by atoms with E-state index in [1.807, 2.05) is 0 Å². The molecule has 0 fully saturated rings. The van der Waals surface area contributed by atoms with E-state index in [2.05, 4.69) is 16.0 Å². The third-order valence-electron chi connectivity index (χ3n) is 1.55. The van der Waals surface area contributed by atoms with Crippen molar-refractivity contribution in [1.29, 1.82) is 5.26 Å². The summed E-state index contributed by atoms with van der Waals surface area (Å²) in [4.78, 5) is 22.2. The number of carbonyl (C=O) groups is 2. The van der Waals surface area contributed by atoms with Crippen LogP contribution in [0, 0.1) is 29.6 Å². The van der Waals surface area contributed by atoms with Crippen molar-refractivity contribution in [1.82, 2.24) is 5.32 Å². The van der Waals surface area contributed by atoms with Gasteiger partial charge in [-0.2, -0.15) is 5.26 Å². The van der Waals surface area contributed by atoms with Crippen molar-refractivity contribution in [3.05, 3.63) is 0 Å². The summed E-state index contributed by atoms with van der Waals surface area (Å²) in [6.07, 6.45) is 5.06. The summed E-state index contributed by atoms with van der Waals surface area (Å²) < 4.78 is 4.69. The van der Waals surface area contributed by atoms with Gasteiger partial charge in [0.2, 0.25) is 5.91 Å². The van der Waals surface area contributed by atoms with Crippen molar-refractivity contribution < 1.29 is 14.3 Å². The van der Waals surface area contributed by atoms with Gasteiger partial charge >= 0.3 is 5.97 Å². The molecule has 0 heterocycles. The van der Waals surface area contributed by atoms with Crippen molar-refractivity contribution in [2.24, 2.45) is 5.92 Å². The van der Waals surface area contributed by atoms with Gasteiger partial charge in [-0.05, 0) is 6.92 Å². The maximum Gasteiger partial charge on any atom is 0.331 e. The van der Waals surface area contributed by atoms with Gasteiger partial charge < -0.3 is 10.1 Å². The summed E-state index contributed by atoms with van der Waals surface area (Å²) in [6.45, 7) is 3.02. The molecule has 0 saturated carbocycles. The van der Waals surface area contributed by atoms with Crippen molar-refractivity contribution in [2.75, 3.05) is 6.61 Å². The molecular weight excluding hydrogens is 196 g/mol. The van der Waals surface area contributed by atoms with Crippen molar-refractivity contribution in [2.45, 2.75) is 19.9 Å². The van der Waals surface area contributed by atoms with Gasteiger partial charge in [-0.1, -0.05) is 5.92 Å². The fourth-order valence-electron chi connectivity index (χ4n) is 0.937. The standard InChI is InChI=1S/C10H12N2O3/c1-4-8(6-11)9(12-7(3)13)10(14)15-5-2/h1,8-9H,5H2,2-3H3,(H,12,13)/t8-,9+/m1/s1. The quantitative estimate of drug-likeness (QED) is 0.513. The number of esters is 1. The molecule has 0 aromatic heterocycles. The summed E-state index contributed by atoms with van der Waals surface area (Å²) in [6, 6.07) is 0.645. The Bertz CT molecular complexity index is 311. The molecule has 2 atom stereocenters. The zero-order chi connectivity index (χ0) is 11.8. The van der Waals surface area contributed by atoms with Crippen LogP contribution in [-0.4, -0.2) is 24.5 Å². The van der Waals surface area contributed by atoms with Crippen LogP contribution in [0.2, 0.25) is 0 Å². The molecule has 0 radical (unpaired) electrons. The topological polar surface area (TPSA) is 79.2 Å². The number of nitrogens with one attached hydrogen (secondary N) is 1. The van der Waals surface area contributed by atoms with Crippen molar-refractivity contribution in [3.63, 3.8) is 0 Å².